The van der Waals surface area contributed by atoms with Crippen LogP contribution in [-0.2, 0) is 6.54 Å². The first-order chi connectivity index (χ1) is 10.2. The van der Waals surface area contributed by atoms with Gasteiger partial charge >= 0.3 is 0 Å². The molecule has 0 amide bonds. The van der Waals surface area contributed by atoms with E-state index in [-0.39, 0.29) is 0 Å². The first kappa shape index (κ1) is 15.3. The van der Waals surface area contributed by atoms with E-state index in [0.29, 0.717) is 5.92 Å². The summed E-state index contributed by atoms with van der Waals surface area (Å²) in [5.74, 6) is 1.63. The largest absolute Gasteiger partial charge is 0.345 e. The summed E-state index contributed by atoms with van der Waals surface area (Å²) in [6.07, 6.45) is 8.49. The van der Waals surface area contributed by atoms with Crippen molar-refractivity contribution in [2.45, 2.75) is 65.0 Å². The van der Waals surface area contributed by atoms with E-state index in [2.05, 4.69) is 29.4 Å². The van der Waals surface area contributed by atoms with Gasteiger partial charge in [0.25, 0.3) is 0 Å². The number of nitrogens with zero attached hydrogens (tertiary/aromatic N) is 2. The summed E-state index contributed by atoms with van der Waals surface area (Å²) in [5.41, 5.74) is 1.22. The van der Waals surface area contributed by atoms with Gasteiger partial charge in [0.1, 0.15) is 0 Å². The predicted octanol–water partition coefficient (Wildman–Crippen LogP) is 4.05. The lowest BCUT2D eigenvalue weighted by Crippen LogP contribution is -2.34. The molecule has 118 valence electrons. The van der Waals surface area contributed by atoms with Crippen molar-refractivity contribution in [1.82, 2.24) is 10.3 Å². The van der Waals surface area contributed by atoms with Crippen molar-refractivity contribution in [3.63, 3.8) is 0 Å². The van der Waals surface area contributed by atoms with Crippen molar-refractivity contribution in [3.05, 3.63) is 11.1 Å². The number of thiazole rings is 1. The Morgan fingerprint density at radius 2 is 2.10 bits per heavy atom. The van der Waals surface area contributed by atoms with E-state index in [1.165, 1.54) is 55.9 Å². The van der Waals surface area contributed by atoms with Crippen LogP contribution in [0.3, 0.4) is 0 Å². The Morgan fingerprint density at radius 1 is 1.29 bits per heavy atom. The Morgan fingerprint density at radius 3 is 2.86 bits per heavy atom. The lowest BCUT2D eigenvalue weighted by atomic mass is 9.96. The Labute approximate surface area is 133 Å². The van der Waals surface area contributed by atoms with Crippen LogP contribution in [0.15, 0.2) is 5.38 Å². The second kappa shape index (κ2) is 7.10. The van der Waals surface area contributed by atoms with E-state index >= 15 is 0 Å². The monoisotopic (exact) mass is 307 g/mol. The van der Waals surface area contributed by atoms with Gasteiger partial charge in [0.15, 0.2) is 5.13 Å². The molecule has 21 heavy (non-hydrogen) atoms. The molecule has 1 saturated heterocycles. The maximum Gasteiger partial charge on any atom is 0.185 e. The zero-order chi connectivity index (χ0) is 14.7. The minimum Gasteiger partial charge on any atom is -0.345 e. The maximum absolute atomic E-state index is 4.89. The van der Waals surface area contributed by atoms with Crippen molar-refractivity contribution >= 4 is 16.5 Å². The third kappa shape index (κ3) is 3.78. The van der Waals surface area contributed by atoms with Crippen molar-refractivity contribution in [2.75, 3.05) is 18.0 Å². The van der Waals surface area contributed by atoms with Gasteiger partial charge in [0.2, 0.25) is 0 Å². The normalized spacial score (nSPS) is 23.6. The molecule has 0 spiro atoms. The zero-order valence-corrected chi connectivity index (χ0v) is 14.3. The van der Waals surface area contributed by atoms with Gasteiger partial charge in [0.05, 0.1) is 5.69 Å². The summed E-state index contributed by atoms with van der Waals surface area (Å²) in [6.45, 7) is 7.69. The Hall–Kier alpha value is -0.610. The maximum atomic E-state index is 4.89. The second-order valence-corrected chi connectivity index (χ2v) is 7.93. The van der Waals surface area contributed by atoms with Gasteiger partial charge in [-0.3, -0.25) is 0 Å². The van der Waals surface area contributed by atoms with Crippen LogP contribution in [0.5, 0.6) is 0 Å². The van der Waals surface area contributed by atoms with Gasteiger partial charge in [-0.15, -0.1) is 11.3 Å². The van der Waals surface area contributed by atoms with Crippen molar-refractivity contribution < 1.29 is 0 Å². The summed E-state index contributed by atoms with van der Waals surface area (Å²) in [4.78, 5) is 7.51. The quantitative estimate of drug-likeness (QED) is 0.859. The number of hydrogen-bond donors (Lipinski definition) is 1. The minimum atomic E-state index is 0.702. The van der Waals surface area contributed by atoms with Crippen LogP contribution < -0.4 is 10.2 Å². The van der Waals surface area contributed by atoms with Crippen molar-refractivity contribution in [2.24, 2.45) is 11.8 Å². The van der Waals surface area contributed by atoms with E-state index in [1.807, 2.05) is 11.3 Å². The SMILES string of the molecule is CC(C)CNCc1csc(N2CCCC2C2CCCC2)n1. The molecule has 1 aromatic rings. The second-order valence-electron chi connectivity index (χ2n) is 7.09. The topological polar surface area (TPSA) is 28.2 Å². The van der Waals surface area contributed by atoms with Gasteiger partial charge in [-0.05, 0) is 44.1 Å². The Kier molecular flexibility index (Phi) is 5.17. The fourth-order valence-corrected chi connectivity index (χ4v) is 4.77. The Bertz CT molecular complexity index is 437. The molecule has 3 nitrogen and oxygen atoms in total. The summed E-state index contributed by atoms with van der Waals surface area (Å²) >= 11 is 1.84. The van der Waals surface area contributed by atoms with E-state index < -0.39 is 0 Å². The molecule has 2 heterocycles. The van der Waals surface area contributed by atoms with E-state index in [0.717, 1.165) is 25.0 Å². The molecular formula is C17H29N3S. The molecule has 4 heteroatoms. The third-order valence-electron chi connectivity index (χ3n) is 4.89. The predicted molar refractivity (Wildman–Crippen MR) is 91.0 cm³/mol. The minimum absolute atomic E-state index is 0.702. The lowest BCUT2D eigenvalue weighted by molar-refractivity contribution is 0.430. The molecule has 0 aromatic carbocycles. The van der Waals surface area contributed by atoms with E-state index in [4.69, 9.17) is 4.98 Å². The van der Waals surface area contributed by atoms with Crippen molar-refractivity contribution in [3.8, 4) is 0 Å². The van der Waals surface area contributed by atoms with Crippen LogP contribution in [0, 0.1) is 11.8 Å². The first-order valence-electron chi connectivity index (χ1n) is 8.66. The highest BCUT2D eigenvalue weighted by Gasteiger charge is 2.34. The molecular weight excluding hydrogens is 278 g/mol. The summed E-state index contributed by atoms with van der Waals surface area (Å²) in [5, 5.41) is 7.01. The molecule has 0 radical (unpaired) electrons. The van der Waals surface area contributed by atoms with Gasteiger partial charge in [0, 0.05) is 24.5 Å². The number of nitrogens with one attached hydrogen (secondary N) is 1. The van der Waals surface area contributed by atoms with E-state index in [9.17, 15) is 0 Å². The van der Waals surface area contributed by atoms with Gasteiger partial charge in [-0.1, -0.05) is 26.7 Å². The number of hydrogen-bond acceptors (Lipinski definition) is 4. The van der Waals surface area contributed by atoms with Crippen LogP contribution in [0.4, 0.5) is 5.13 Å². The molecule has 0 bridgehead atoms. The highest BCUT2D eigenvalue weighted by Crippen LogP contribution is 2.38. The van der Waals surface area contributed by atoms with Crippen LogP contribution in [0.1, 0.15) is 58.1 Å². The summed E-state index contributed by atoms with van der Waals surface area (Å²) < 4.78 is 0. The van der Waals surface area contributed by atoms with Crippen LogP contribution in [0.25, 0.3) is 0 Å². The molecule has 2 fully saturated rings. The average Bonchev–Trinajstić information content (AvgIpc) is 3.19. The smallest absolute Gasteiger partial charge is 0.185 e. The van der Waals surface area contributed by atoms with E-state index in [1.54, 1.807) is 0 Å². The summed E-state index contributed by atoms with van der Waals surface area (Å²) in [6, 6.07) is 0.773. The van der Waals surface area contributed by atoms with Gasteiger partial charge in [-0.2, -0.15) is 0 Å². The van der Waals surface area contributed by atoms with Crippen LogP contribution >= 0.6 is 11.3 Å². The third-order valence-corrected chi connectivity index (χ3v) is 5.81. The zero-order valence-electron chi connectivity index (χ0n) is 13.5. The molecule has 1 atom stereocenters. The van der Waals surface area contributed by atoms with Crippen LogP contribution in [0.2, 0.25) is 0 Å². The Balaban J connectivity index is 1.59. The lowest BCUT2D eigenvalue weighted by Gasteiger charge is -2.29. The summed E-state index contributed by atoms with van der Waals surface area (Å²) in [7, 11) is 0. The van der Waals surface area contributed by atoms with Crippen LogP contribution in [-0.4, -0.2) is 24.1 Å². The average molecular weight is 308 g/mol. The molecule has 1 aliphatic carbocycles. The number of rotatable bonds is 6. The molecule has 1 aliphatic heterocycles. The number of anilines is 1. The standard InChI is InChI=1S/C17H29N3S/c1-13(2)10-18-11-15-12-21-17(19-15)20-9-5-8-16(20)14-6-3-4-7-14/h12-14,16,18H,3-11H2,1-2H3. The highest BCUT2D eigenvalue weighted by molar-refractivity contribution is 7.13. The number of aromatic nitrogens is 1. The molecule has 1 aromatic heterocycles. The molecule has 2 aliphatic rings. The van der Waals surface area contributed by atoms with Crippen molar-refractivity contribution in [1.29, 1.82) is 0 Å². The molecule has 3 rings (SSSR count). The molecule has 1 unspecified atom stereocenters. The molecule has 1 N–H and O–H groups in total. The first-order valence-corrected chi connectivity index (χ1v) is 9.54. The van der Waals surface area contributed by atoms with Gasteiger partial charge < -0.3 is 10.2 Å². The fourth-order valence-electron chi connectivity index (χ4n) is 3.86. The highest BCUT2D eigenvalue weighted by atomic mass is 32.1. The van der Waals surface area contributed by atoms with Gasteiger partial charge in [-0.25, -0.2) is 4.98 Å². The molecule has 1 saturated carbocycles. The fraction of sp³-hybridized carbons (Fsp3) is 0.824.